The Bertz CT molecular complexity index is 1180. The molecule has 1 aromatic heterocycles. The summed E-state index contributed by atoms with van der Waals surface area (Å²) in [6.07, 6.45) is 2.84. The zero-order chi connectivity index (χ0) is 22.0. The summed E-state index contributed by atoms with van der Waals surface area (Å²) < 4.78 is 11.2. The predicted molar refractivity (Wildman–Crippen MR) is 116 cm³/mol. The zero-order valence-corrected chi connectivity index (χ0v) is 17.3. The van der Waals surface area contributed by atoms with Crippen LogP contribution in [-0.2, 0) is 4.79 Å². The molecule has 0 fully saturated rings. The van der Waals surface area contributed by atoms with E-state index in [1.165, 1.54) is 0 Å². The second-order valence-electron chi connectivity index (χ2n) is 7.60. The van der Waals surface area contributed by atoms with Gasteiger partial charge in [0, 0.05) is 6.54 Å². The molecule has 7 nitrogen and oxygen atoms in total. The van der Waals surface area contributed by atoms with Crippen LogP contribution in [0, 0.1) is 0 Å². The lowest BCUT2D eigenvalue weighted by Crippen LogP contribution is -2.30. The number of fused-ring (bicyclic) bond motifs is 2. The predicted octanol–water partition coefficient (Wildman–Crippen LogP) is 3.39. The van der Waals surface area contributed by atoms with Crippen molar-refractivity contribution in [3.05, 3.63) is 75.6 Å². The number of ether oxygens (including phenoxy) is 1. The standard InChI is InChI=1S/C24H24N2O5/c1-2-3-6-13-26-21(15-9-11-16(12-10-15)30-14-19(25)27)20-22(28)17-7-4-5-8-18(17)31-23(20)24(26)29/h4-5,7-12,21H,2-3,6,13-14H2,1H3,(H2,25,27). The van der Waals surface area contributed by atoms with Crippen LogP contribution in [0.4, 0.5) is 0 Å². The molecule has 1 unspecified atom stereocenters. The lowest BCUT2D eigenvalue weighted by Gasteiger charge is -2.25. The third-order valence-corrected chi connectivity index (χ3v) is 5.45. The van der Waals surface area contributed by atoms with E-state index in [0.717, 1.165) is 24.8 Å². The summed E-state index contributed by atoms with van der Waals surface area (Å²) in [5, 5.41) is 0.455. The van der Waals surface area contributed by atoms with Gasteiger partial charge in [-0.05, 0) is 36.2 Å². The van der Waals surface area contributed by atoms with Gasteiger partial charge in [0.15, 0.2) is 12.0 Å². The summed E-state index contributed by atoms with van der Waals surface area (Å²) >= 11 is 0. The van der Waals surface area contributed by atoms with Crippen molar-refractivity contribution in [1.82, 2.24) is 4.90 Å². The monoisotopic (exact) mass is 420 g/mol. The number of amides is 2. The SMILES string of the molecule is CCCCCN1C(=O)c2oc3ccccc3c(=O)c2C1c1ccc(OCC(N)=O)cc1. The molecule has 0 aliphatic carbocycles. The molecule has 1 atom stereocenters. The van der Waals surface area contributed by atoms with Gasteiger partial charge in [0.1, 0.15) is 11.3 Å². The fourth-order valence-corrected chi connectivity index (χ4v) is 3.98. The van der Waals surface area contributed by atoms with Gasteiger partial charge < -0.3 is 19.8 Å². The second kappa shape index (κ2) is 8.63. The first-order chi connectivity index (χ1) is 15.0. The number of unbranched alkanes of at least 4 members (excludes halogenated alkanes) is 2. The third-order valence-electron chi connectivity index (χ3n) is 5.45. The van der Waals surface area contributed by atoms with Crippen LogP contribution in [0.3, 0.4) is 0 Å². The van der Waals surface area contributed by atoms with E-state index in [2.05, 4.69) is 6.92 Å². The van der Waals surface area contributed by atoms with Crippen LogP contribution < -0.4 is 15.9 Å². The number of nitrogens with zero attached hydrogens (tertiary/aromatic N) is 1. The van der Waals surface area contributed by atoms with Gasteiger partial charge in [-0.15, -0.1) is 0 Å². The van der Waals surface area contributed by atoms with E-state index < -0.39 is 11.9 Å². The normalized spacial score (nSPS) is 15.3. The highest BCUT2D eigenvalue weighted by molar-refractivity contribution is 5.99. The molecule has 31 heavy (non-hydrogen) atoms. The average Bonchev–Trinajstić information content (AvgIpc) is 3.05. The van der Waals surface area contributed by atoms with E-state index in [0.29, 0.717) is 28.8 Å². The van der Waals surface area contributed by atoms with E-state index >= 15 is 0 Å². The maximum absolute atomic E-state index is 13.4. The van der Waals surface area contributed by atoms with Crippen molar-refractivity contribution in [3.8, 4) is 5.75 Å². The molecule has 2 aromatic carbocycles. The van der Waals surface area contributed by atoms with Crippen molar-refractivity contribution < 1.29 is 18.7 Å². The van der Waals surface area contributed by atoms with Crippen molar-refractivity contribution in [2.24, 2.45) is 5.73 Å². The quantitative estimate of drug-likeness (QED) is 0.563. The Hall–Kier alpha value is -3.61. The molecular formula is C24H24N2O5. The van der Waals surface area contributed by atoms with Crippen LogP contribution in [0.5, 0.6) is 5.75 Å². The summed E-state index contributed by atoms with van der Waals surface area (Å²) in [4.78, 5) is 39.2. The number of hydrogen-bond donors (Lipinski definition) is 1. The van der Waals surface area contributed by atoms with Crippen LogP contribution in [0.15, 0.2) is 57.7 Å². The summed E-state index contributed by atoms with van der Waals surface area (Å²) in [5.74, 6) is -0.242. The number of hydrogen-bond acceptors (Lipinski definition) is 5. The summed E-state index contributed by atoms with van der Waals surface area (Å²) in [6, 6.07) is 13.4. The first kappa shape index (κ1) is 20.7. The highest BCUT2D eigenvalue weighted by atomic mass is 16.5. The largest absolute Gasteiger partial charge is 0.484 e. The number of primary amides is 1. The first-order valence-electron chi connectivity index (χ1n) is 10.4. The van der Waals surface area contributed by atoms with E-state index in [-0.39, 0.29) is 23.7 Å². The molecule has 1 aliphatic heterocycles. The molecule has 2 heterocycles. The molecule has 0 spiro atoms. The Kier molecular flexibility index (Phi) is 5.75. The zero-order valence-electron chi connectivity index (χ0n) is 17.3. The molecule has 4 rings (SSSR count). The number of nitrogens with two attached hydrogens (primary N) is 1. The minimum absolute atomic E-state index is 0.110. The van der Waals surface area contributed by atoms with Crippen molar-refractivity contribution in [2.75, 3.05) is 13.2 Å². The molecule has 3 aromatic rings. The lowest BCUT2D eigenvalue weighted by atomic mass is 9.98. The van der Waals surface area contributed by atoms with Crippen molar-refractivity contribution in [2.45, 2.75) is 32.2 Å². The Morgan fingerprint density at radius 1 is 1.10 bits per heavy atom. The molecule has 1 aliphatic rings. The summed E-state index contributed by atoms with van der Waals surface area (Å²) in [5.41, 5.74) is 6.48. The van der Waals surface area contributed by atoms with E-state index in [9.17, 15) is 14.4 Å². The Labute approximate surface area is 179 Å². The second-order valence-corrected chi connectivity index (χ2v) is 7.60. The molecule has 160 valence electrons. The maximum Gasteiger partial charge on any atom is 0.290 e. The molecular weight excluding hydrogens is 396 g/mol. The maximum atomic E-state index is 13.4. The van der Waals surface area contributed by atoms with Crippen LogP contribution in [0.2, 0.25) is 0 Å². The van der Waals surface area contributed by atoms with Crippen LogP contribution in [-0.4, -0.2) is 29.9 Å². The number of carbonyl (C=O) groups excluding carboxylic acids is 2. The molecule has 0 radical (unpaired) electrons. The van der Waals surface area contributed by atoms with Crippen LogP contribution >= 0.6 is 0 Å². The van der Waals surface area contributed by atoms with E-state index in [1.807, 2.05) is 0 Å². The Morgan fingerprint density at radius 2 is 1.84 bits per heavy atom. The van der Waals surface area contributed by atoms with Gasteiger partial charge in [-0.2, -0.15) is 0 Å². The highest BCUT2D eigenvalue weighted by Gasteiger charge is 2.42. The first-order valence-corrected chi connectivity index (χ1v) is 10.4. The average molecular weight is 420 g/mol. The van der Waals surface area contributed by atoms with Gasteiger partial charge >= 0.3 is 0 Å². The van der Waals surface area contributed by atoms with Crippen LogP contribution in [0.25, 0.3) is 11.0 Å². The molecule has 0 saturated heterocycles. The molecule has 7 heteroatoms. The van der Waals surface area contributed by atoms with Crippen LogP contribution in [0.1, 0.15) is 53.9 Å². The smallest absolute Gasteiger partial charge is 0.290 e. The van der Waals surface area contributed by atoms with Gasteiger partial charge in [0.05, 0.1) is 17.0 Å². The number of carbonyl (C=O) groups is 2. The summed E-state index contributed by atoms with van der Waals surface area (Å²) in [7, 11) is 0. The Balaban J connectivity index is 1.78. The summed E-state index contributed by atoms with van der Waals surface area (Å²) in [6.45, 7) is 2.40. The number of benzene rings is 2. The van der Waals surface area contributed by atoms with Gasteiger partial charge in [-0.25, -0.2) is 0 Å². The van der Waals surface area contributed by atoms with E-state index in [1.54, 1.807) is 53.4 Å². The van der Waals surface area contributed by atoms with Crippen molar-refractivity contribution in [3.63, 3.8) is 0 Å². The van der Waals surface area contributed by atoms with Gasteiger partial charge in [-0.1, -0.05) is 44.0 Å². The fourth-order valence-electron chi connectivity index (χ4n) is 3.98. The lowest BCUT2D eigenvalue weighted by molar-refractivity contribution is -0.119. The van der Waals surface area contributed by atoms with Gasteiger partial charge in [0.2, 0.25) is 5.76 Å². The van der Waals surface area contributed by atoms with Crippen molar-refractivity contribution in [1.29, 1.82) is 0 Å². The third kappa shape index (κ3) is 3.91. The molecule has 0 saturated carbocycles. The molecule has 2 amide bonds. The molecule has 2 N–H and O–H groups in total. The van der Waals surface area contributed by atoms with E-state index in [4.69, 9.17) is 14.9 Å². The fraction of sp³-hybridized carbons (Fsp3) is 0.292. The minimum Gasteiger partial charge on any atom is -0.484 e. The highest BCUT2D eigenvalue weighted by Crippen LogP contribution is 2.38. The number of rotatable bonds is 8. The number of para-hydroxylation sites is 1. The minimum atomic E-state index is -0.564. The van der Waals surface area contributed by atoms with Gasteiger partial charge in [0.25, 0.3) is 11.8 Å². The Morgan fingerprint density at radius 3 is 2.55 bits per heavy atom. The topological polar surface area (TPSA) is 103 Å². The molecule has 0 bridgehead atoms. The van der Waals surface area contributed by atoms with Gasteiger partial charge in [-0.3, -0.25) is 14.4 Å². The van der Waals surface area contributed by atoms with Crippen molar-refractivity contribution >= 4 is 22.8 Å².